The van der Waals surface area contributed by atoms with Gasteiger partial charge < -0.3 is 25.0 Å². The highest BCUT2D eigenvalue weighted by molar-refractivity contribution is 5.82. The normalized spacial score (nSPS) is 26.3. The number of carbonyl (C=O) groups excluding carboxylic acids is 1. The molecule has 2 N–H and O–H groups in total. The quantitative estimate of drug-likeness (QED) is 0.554. The van der Waals surface area contributed by atoms with Crippen LogP contribution < -0.4 is 5.32 Å². The van der Waals surface area contributed by atoms with Crippen molar-refractivity contribution in [2.45, 2.75) is 64.1 Å². The lowest BCUT2D eigenvalue weighted by atomic mass is 9.85. The number of aliphatic imine (C=N–C) groups is 1. The van der Waals surface area contributed by atoms with Gasteiger partial charge in [0, 0.05) is 39.3 Å². The number of amides is 1. The largest absolute Gasteiger partial charge is 0.391 e. The van der Waals surface area contributed by atoms with Gasteiger partial charge in [0.05, 0.1) is 12.6 Å². The van der Waals surface area contributed by atoms with E-state index in [1.54, 1.807) is 0 Å². The molecule has 3 fully saturated rings. The van der Waals surface area contributed by atoms with Crippen molar-refractivity contribution in [2.75, 3.05) is 45.9 Å². The average Bonchev–Trinajstić information content (AvgIpc) is 3.26. The number of nitrogens with one attached hydrogen (secondary N) is 1. The Morgan fingerprint density at radius 2 is 1.81 bits per heavy atom. The van der Waals surface area contributed by atoms with Crippen LogP contribution in [0, 0.1) is 5.92 Å². The van der Waals surface area contributed by atoms with E-state index in [2.05, 4.69) is 17.1 Å². The fourth-order valence-corrected chi connectivity index (χ4v) is 4.39. The molecule has 3 rings (SSSR count). The second kappa shape index (κ2) is 10.3. The molecule has 0 bridgehead atoms. The average molecular weight is 381 g/mol. The van der Waals surface area contributed by atoms with Gasteiger partial charge in [-0.05, 0) is 38.5 Å². The van der Waals surface area contributed by atoms with Gasteiger partial charge in [0.1, 0.15) is 6.10 Å². The Labute approximate surface area is 163 Å². The zero-order valence-corrected chi connectivity index (χ0v) is 16.7. The molecule has 0 radical (unpaired) electrons. The first-order chi connectivity index (χ1) is 13.2. The topological polar surface area (TPSA) is 77.4 Å². The van der Waals surface area contributed by atoms with Crippen LogP contribution in [0.1, 0.15) is 51.9 Å². The SMILES string of the molecule is CCNC(=NCC(O)C1CCCCC1)N1CCN(C(=O)C2CCCO2)CC1. The molecular formula is C20H36N4O3. The molecule has 2 aliphatic heterocycles. The maximum absolute atomic E-state index is 12.5. The molecule has 0 aromatic carbocycles. The predicted octanol–water partition coefficient (Wildman–Crippen LogP) is 1.22. The highest BCUT2D eigenvalue weighted by Gasteiger charge is 2.31. The summed E-state index contributed by atoms with van der Waals surface area (Å²) in [6.45, 7) is 6.97. The van der Waals surface area contributed by atoms with Crippen molar-refractivity contribution >= 4 is 11.9 Å². The van der Waals surface area contributed by atoms with Crippen LogP contribution >= 0.6 is 0 Å². The number of guanidine groups is 1. The summed E-state index contributed by atoms with van der Waals surface area (Å²) < 4.78 is 5.53. The molecule has 0 spiro atoms. The number of aliphatic hydroxyl groups is 1. The van der Waals surface area contributed by atoms with Crippen molar-refractivity contribution in [1.82, 2.24) is 15.1 Å². The molecule has 27 heavy (non-hydrogen) atoms. The van der Waals surface area contributed by atoms with Gasteiger partial charge >= 0.3 is 0 Å². The van der Waals surface area contributed by atoms with Gasteiger partial charge in [-0.2, -0.15) is 0 Å². The first kappa shape index (κ1) is 20.4. The number of hydrogen-bond acceptors (Lipinski definition) is 4. The Bertz CT molecular complexity index is 493. The van der Waals surface area contributed by atoms with Crippen LogP contribution in [-0.2, 0) is 9.53 Å². The molecule has 7 nitrogen and oxygen atoms in total. The van der Waals surface area contributed by atoms with Crippen molar-refractivity contribution in [3.63, 3.8) is 0 Å². The third kappa shape index (κ3) is 5.57. The molecule has 2 atom stereocenters. The molecule has 154 valence electrons. The number of rotatable bonds is 5. The van der Waals surface area contributed by atoms with Crippen molar-refractivity contribution in [2.24, 2.45) is 10.9 Å². The van der Waals surface area contributed by atoms with Gasteiger partial charge in [-0.3, -0.25) is 9.79 Å². The minimum Gasteiger partial charge on any atom is -0.391 e. The maximum Gasteiger partial charge on any atom is 0.251 e. The van der Waals surface area contributed by atoms with Crippen molar-refractivity contribution in [3.05, 3.63) is 0 Å². The van der Waals surface area contributed by atoms with E-state index in [1.165, 1.54) is 19.3 Å². The number of carbonyl (C=O) groups is 1. The molecule has 1 aliphatic carbocycles. The Morgan fingerprint density at radius 1 is 1.11 bits per heavy atom. The third-order valence-electron chi connectivity index (χ3n) is 6.05. The Kier molecular flexibility index (Phi) is 7.76. The first-order valence-electron chi connectivity index (χ1n) is 10.8. The number of aliphatic hydroxyl groups excluding tert-OH is 1. The minimum atomic E-state index is -0.346. The van der Waals surface area contributed by atoms with Crippen LogP contribution in [-0.4, -0.2) is 84.9 Å². The van der Waals surface area contributed by atoms with Crippen LogP contribution in [0.25, 0.3) is 0 Å². The van der Waals surface area contributed by atoms with E-state index in [-0.39, 0.29) is 18.1 Å². The zero-order valence-electron chi connectivity index (χ0n) is 16.7. The van der Waals surface area contributed by atoms with Gasteiger partial charge in [0.25, 0.3) is 5.91 Å². The summed E-state index contributed by atoms with van der Waals surface area (Å²) >= 11 is 0. The lowest BCUT2D eigenvalue weighted by Crippen LogP contribution is -2.55. The van der Waals surface area contributed by atoms with Crippen LogP contribution in [0.2, 0.25) is 0 Å². The van der Waals surface area contributed by atoms with Gasteiger partial charge in [-0.25, -0.2) is 0 Å². The molecule has 0 aromatic rings. The lowest BCUT2D eigenvalue weighted by Gasteiger charge is -2.37. The fourth-order valence-electron chi connectivity index (χ4n) is 4.39. The summed E-state index contributed by atoms with van der Waals surface area (Å²) in [4.78, 5) is 21.3. The summed E-state index contributed by atoms with van der Waals surface area (Å²) in [5.74, 6) is 1.39. The first-order valence-corrected chi connectivity index (χ1v) is 10.8. The monoisotopic (exact) mass is 380 g/mol. The van der Waals surface area contributed by atoms with Crippen LogP contribution in [0.4, 0.5) is 0 Å². The summed E-state index contributed by atoms with van der Waals surface area (Å²) in [5.41, 5.74) is 0. The van der Waals surface area contributed by atoms with E-state index in [0.717, 1.165) is 51.3 Å². The Morgan fingerprint density at radius 3 is 2.44 bits per heavy atom. The van der Waals surface area contributed by atoms with Gasteiger partial charge in [-0.15, -0.1) is 0 Å². The highest BCUT2D eigenvalue weighted by Crippen LogP contribution is 2.26. The summed E-state index contributed by atoms with van der Waals surface area (Å²) in [5, 5.41) is 13.9. The molecular weight excluding hydrogens is 344 g/mol. The smallest absolute Gasteiger partial charge is 0.251 e. The van der Waals surface area contributed by atoms with Crippen LogP contribution in [0.3, 0.4) is 0 Å². The Hall–Kier alpha value is -1.34. The van der Waals surface area contributed by atoms with E-state index >= 15 is 0 Å². The number of hydrogen-bond donors (Lipinski definition) is 2. The van der Waals surface area contributed by atoms with Gasteiger partial charge in [0.15, 0.2) is 5.96 Å². The lowest BCUT2D eigenvalue weighted by molar-refractivity contribution is -0.142. The Balaban J connectivity index is 1.50. The molecule has 1 saturated carbocycles. The molecule has 7 heteroatoms. The summed E-state index contributed by atoms with van der Waals surface area (Å²) in [6, 6.07) is 0. The van der Waals surface area contributed by atoms with Crippen molar-refractivity contribution < 1.29 is 14.6 Å². The van der Waals surface area contributed by atoms with Gasteiger partial charge in [0.2, 0.25) is 0 Å². The van der Waals surface area contributed by atoms with E-state index < -0.39 is 0 Å². The van der Waals surface area contributed by atoms with E-state index in [1.807, 2.05) is 4.90 Å². The molecule has 3 aliphatic rings. The standard InChI is InChI=1S/C20H36N4O3/c1-2-21-20(22-15-17(25)16-7-4-3-5-8-16)24-12-10-23(11-13-24)19(26)18-9-6-14-27-18/h16-18,25H,2-15H2,1H3,(H,21,22). The number of nitrogens with zero attached hydrogens (tertiary/aromatic N) is 3. The summed E-state index contributed by atoms with van der Waals surface area (Å²) in [7, 11) is 0. The fraction of sp³-hybridized carbons (Fsp3) is 0.900. The molecule has 1 amide bonds. The van der Waals surface area contributed by atoms with E-state index in [9.17, 15) is 9.90 Å². The molecule has 2 saturated heterocycles. The number of piperazine rings is 1. The summed E-state index contributed by atoms with van der Waals surface area (Å²) in [6.07, 6.45) is 7.25. The maximum atomic E-state index is 12.5. The van der Waals surface area contributed by atoms with E-state index in [0.29, 0.717) is 32.2 Å². The third-order valence-corrected chi connectivity index (χ3v) is 6.05. The molecule has 2 unspecified atom stereocenters. The van der Waals surface area contributed by atoms with Crippen molar-refractivity contribution in [1.29, 1.82) is 0 Å². The molecule has 0 aromatic heterocycles. The predicted molar refractivity (Wildman–Crippen MR) is 106 cm³/mol. The second-order valence-electron chi connectivity index (χ2n) is 7.97. The molecule has 2 heterocycles. The van der Waals surface area contributed by atoms with Crippen molar-refractivity contribution in [3.8, 4) is 0 Å². The van der Waals surface area contributed by atoms with Gasteiger partial charge in [-0.1, -0.05) is 19.3 Å². The minimum absolute atomic E-state index is 0.141. The second-order valence-corrected chi connectivity index (χ2v) is 7.97. The van der Waals surface area contributed by atoms with E-state index in [4.69, 9.17) is 9.73 Å². The van der Waals surface area contributed by atoms with Crippen LogP contribution in [0.5, 0.6) is 0 Å². The highest BCUT2D eigenvalue weighted by atomic mass is 16.5. The zero-order chi connectivity index (χ0) is 19.1. The van der Waals surface area contributed by atoms with Crippen LogP contribution in [0.15, 0.2) is 4.99 Å². The number of ether oxygens (including phenoxy) is 1.